The maximum absolute atomic E-state index is 13.0. The minimum atomic E-state index is 0.141. The van der Waals surface area contributed by atoms with E-state index in [1.54, 1.807) is 12.4 Å². The van der Waals surface area contributed by atoms with Gasteiger partial charge in [0.2, 0.25) is 0 Å². The molecule has 3 aliphatic heterocycles. The molecular weight excluding hydrogens is 338 g/mol. The Kier molecular flexibility index (Phi) is 5.00. The Labute approximate surface area is 161 Å². The van der Waals surface area contributed by atoms with Gasteiger partial charge in [0.15, 0.2) is 0 Å². The largest absolute Gasteiger partial charge is 0.337 e. The topological polar surface area (TPSA) is 54.3 Å². The summed E-state index contributed by atoms with van der Waals surface area (Å²) in [5.74, 6) is 0.693. The molecule has 3 fully saturated rings. The van der Waals surface area contributed by atoms with E-state index >= 15 is 0 Å². The molecule has 5 heterocycles. The highest BCUT2D eigenvalue weighted by molar-refractivity contribution is 5.94. The van der Waals surface area contributed by atoms with Gasteiger partial charge in [-0.1, -0.05) is 0 Å². The molecule has 3 aliphatic rings. The van der Waals surface area contributed by atoms with Crippen LogP contribution < -0.4 is 0 Å². The first-order valence-corrected chi connectivity index (χ1v) is 10.0. The Morgan fingerprint density at radius 2 is 1.93 bits per heavy atom. The molecule has 6 nitrogen and oxygen atoms in total. The lowest BCUT2D eigenvalue weighted by Crippen LogP contribution is -2.44. The van der Waals surface area contributed by atoms with E-state index < -0.39 is 0 Å². The van der Waals surface area contributed by atoms with Crippen molar-refractivity contribution in [1.29, 1.82) is 0 Å². The Bertz CT molecular complexity index is 815. The molecule has 0 aromatic carbocycles. The van der Waals surface area contributed by atoms with Crippen LogP contribution in [0.5, 0.6) is 0 Å². The molecule has 0 aliphatic carbocycles. The van der Waals surface area contributed by atoms with E-state index in [2.05, 4.69) is 45.3 Å². The van der Waals surface area contributed by atoms with Crippen molar-refractivity contribution in [2.24, 2.45) is 5.92 Å². The van der Waals surface area contributed by atoms with Crippen LogP contribution in [0.25, 0.3) is 0 Å². The van der Waals surface area contributed by atoms with E-state index in [1.165, 1.54) is 24.1 Å². The van der Waals surface area contributed by atoms with Gasteiger partial charge in [-0.3, -0.25) is 19.4 Å². The van der Waals surface area contributed by atoms with Crippen molar-refractivity contribution in [2.45, 2.75) is 52.7 Å². The number of rotatable bonds is 4. The summed E-state index contributed by atoms with van der Waals surface area (Å²) in [7, 11) is 0. The van der Waals surface area contributed by atoms with Gasteiger partial charge >= 0.3 is 0 Å². The van der Waals surface area contributed by atoms with Gasteiger partial charge in [-0.05, 0) is 51.7 Å². The van der Waals surface area contributed by atoms with Crippen LogP contribution >= 0.6 is 0 Å². The van der Waals surface area contributed by atoms with Gasteiger partial charge in [0.25, 0.3) is 5.91 Å². The fraction of sp³-hybridized carbons (Fsp3) is 0.571. The van der Waals surface area contributed by atoms with Crippen molar-refractivity contribution in [3.63, 3.8) is 0 Å². The minimum absolute atomic E-state index is 0.141. The second-order valence-electron chi connectivity index (χ2n) is 7.94. The van der Waals surface area contributed by atoms with E-state index in [1.807, 2.05) is 12.1 Å². The van der Waals surface area contributed by atoms with Crippen LogP contribution in [0, 0.1) is 19.8 Å². The summed E-state index contributed by atoms with van der Waals surface area (Å²) in [4.78, 5) is 21.6. The van der Waals surface area contributed by atoms with Crippen LogP contribution in [0.2, 0.25) is 0 Å². The van der Waals surface area contributed by atoms with Crippen LogP contribution in [0.15, 0.2) is 24.5 Å². The third-order valence-corrected chi connectivity index (χ3v) is 6.23. The number of hydrogen-bond donors (Lipinski definition) is 0. The number of aromatic nitrogens is 3. The Balaban J connectivity index is 1.52. The van der Waals surface area contributed by atoms with Crippen LogP contribution in [0.4, 0.5) is 0 Å². The van der Waals surface area contributed by atoms with Crippen molar-refractivity contribution in [3.8, 4) is 0 Å². The molecule has 2 aromatic heterocycles. The summed E-state index contributed by atoms with van der Waals surface area (Å²) < 4.78 is 2.10. The van der Waals surface area contributed by atoms with Gasteiger partial charge in [-0.2, -0.15) is 5.10 Å². The zero-order chi connectivity index (χ0) is 19.0. The van der Waals surface area contributed by atoms with E-state index in [-0.39, 0.29) is 5.91 Å². The molecule has 6 heteroatoms. The maximum Gasteiger partial charge on any atom is 0.254 e. The minimum Gasteiger partial charge on any atom is -0.337 e. The van der Waals surface area contributed by atoms with Crippen molar-refractivity contribution in [2.75, 3.05) is 19.6 Å². The van der Waals surface area contributed by atoms with Gasteiger partial charge < -0.3 is 4.90 Å². The van der Waals surface area contributed by atoms with E-state index in [0.717, 1.165) is 44.0 Å². The predicted octanol–water partition coefficient (Wildman–Crippen LogP) is 2.65. The normalized spacial score (nSPS) is 22.9. The smallest absolute Gasteiger partial charge is 0.254 e. The molecule has 27 heavy (non-hydrogen) atoms. The lowest BCUT2D eigenvalue weighted by atomic mass is 9.94. The van der Waals surface area contributed by atoms with Crippen molar-refractivity contribution >= 4 is 5.91 Å². The van der Waals surface area contributed by atoms with E-state index in [4.69, 9.17) is 0 Å². The number of hydrogen-bond acceptors (Lipinski definition) is 4. The predicted molar refractivity (Wildman–Crippen MR) is 104 cm³/mol. The van der Waals surface area contributed by atoms with Crippen LogP contribution in [-0.2, 0) is 13.1 Å². The highest BCUT2D eigenvalue weighted by Gasteiger charge is 2.37. The first-order chi connectivity index (χ1) is 13.1. The fourth-order valence-corrected chi connectivity index (χ4v) is 4.69. The summed E-state index contributed by atoms with van der Waals surface area (Å²) in [6.45, 7) is 11.0. The summed E-state index contributed by atoms with van der Waals surface area (Å²) in [5.41, 5.74) is 4.52. The molecule has 2 aromatic rings. The number of fused-ring (bicyclic) bond motifs is 4. The van der Waals surface area contributed by atoms with Crippen molar-refractivity contribution < 1.29 is 4.79 Å². The second kappa shape index (κ2) is 7.43. The molecule has 3 saturated heterocycles. The molecule has 0 N–H and O–H groups in total. The lowest BCUT2D eigenvalue weighted by Gasteiger charge is -2.36. The number of carbonyl (C=O) groups excluding carboxylic acids is 1. The van der Waals surface area contributed by atoms with Crippen LogP contribution in [-0.4, -0.2) is 56.1 Å². The van der Waals surface area contributed by atoms with Gasteiger partial charge in [-0.15, -0.1) is 0 Å². The summed E-state index contributed by atoms with van der Waals surface area (Å²) >= 11 is 0. The van der Waals surface area contributed by atoms with E-state index in [9.17, 15) is 4.79 Å². The quantitative estimate of drug-likeness (QED) is 0.834. The Morgan fingerprint density at radius 3 is 2.63 bits per heavy atom. The molecule has 144 valence electrons. The molecule has 2 bridgehead atoms. The van der Waals surface area contributed by atoms with Crippen molar-refractivity contribution in [1.82, 2.24) is 24.6 Å². The fourth-order valence-electron chi connectivity index (χ4n) is 4.69. The summed E-state index contributed by atoms with van der Waals surface area (Å²) in [6, 6.07) is 4.07. The van der Waals surface area contributed by atoms with Gasteiger partial charge in [-0.25, -0.2) is 0 Å². The SMILES string of the molecule is CCn1nc(C)c(CN2C[C@H]3CC[C@@H]2CN(C(=O)c2ccncc2)C3)c1C. The van der Waals surface area contributed by atoms with Gasteiger partial charge in [0.1, 0.15) is 0 Å². The Morgan fingerprint density at radius 1 is 1.15 bits per heavy atom. The average molecular weight is 367 g/mol. The first-order valence-electron chi connectivity index (χ1n) is 10.0. The standard InChI is InChI=1S/C21H29N5O/c1-4-26-16(3)20(15(2)23-26)14-24-11-17-5-6-19(24)13-25(12-17)21(27)18-7-9-22-10-8-18/h7-10,17,19H,4-6,11-14H2,1-3H3/t17-,19-/m1/s1. The third-order valence-electron chi connectivity index (χ3n) is 6.23. The maximum atomic E-state index is 13.0. The van der Waals surface area contributed by atoms with Crippen LogP contribution in [0.3, 0.4) is 0 Å². The zero-order valence-electron chi connectivity index (χ0n) is 16.6. The molecule has 0 saturated carbocycles. The first kappa shape index (κ1) is 18.2. The average Bonchev–Trinajstić information content (AvgIpc) is 2.88. The van der Waals surface area contributed by atoms with E-state index in [0.29, 0.717) is 12.0 Å². The number of aryl methyl sites for hydroxylation is 2. The summed E-state index contributed by atoms with van der Waals surface area (Å²) in [6.07, 6.45) is 5.78. The lowest BCUT2D eigenvalue weighted by molar-refractivity contribution is 0.0735. The monoisotopic (exact) mass is 367 g/mol. The molecule has 5 rings (SSSR count). The molecule has 1 amide bonds. The van der Waals surface area contributed by atoms with Gasteiger partial charge in [0.05, 0.1) is 5.69 Å². The third kappa shape index (κ3) is 3.50. The Hall–Kier alpha value is -2.21. The number of piperidine rings is 1. The zero-order valence-corrected chi connectivity index (χ0v) is 16.6. The highest BCUT2D eigenvalue weighted by Crippen LogP contribution is 2.31. The van der Waals surface area contributed by atoms with Gasteiger partial charge in [0, 0.05) is 68.0 Å². The molecule has 0 unspecified atom stereocenters. The highest BCUT2D eigenvalue weighted by atomic mass is 16.2. The number of pyridine rings is 1. The number of amides is 1. The number of carbonyl (C=O) groups is 1. The summed E-state index contributed by atoms with van der Waals surface area (Å²) in [5, 5.41) is 4.68. The molecule has 0 spiro atoms. The second-order valence-corrected chi connectivity index (χ2v) is 7.94. The van der Waals surface area contributed by atoms with Crippen LogP contribution in [0.1, 0.15) is 47.1 Å². The van der Waals surface area contributed by atoms with Crippen molar-refractivity contribution in [3.05, 3.63) is 47.0 Å². The number of nitrogens with zero attached hydrogens (tertiary/aromatic N) is 5. The molecular formula is C21H29N5O. The molecule has 0 radical (unpaired) electrons. The molecule has 2 atom stereocenters.